The van der Waals surface area contributed by atoms with Gasteiger partial charge in [0.1, 0.15) is 5.82 Å². The Kier molecular flexibility index (Phi) is 4.70. The summed E-state index contributed by atoms with van der Waals surface area (Å²) in [5, 5.41) is 0. The van der Waals surface area contributed by atoms with Gasteiger partial charge in [0.15, 0.2) is 5.78 Å². The minimum Gasteiger partial charge on any atom is -0.298 e. The second kappa shape index (κ2) is 6.29. The van der Waals surface area contributed by atoms with Gasteiger partial charge in [-0.25, -0.2) is 4.39 Å². The van der Waals surface area contributed by atoms with E-state index in [9.17, 15) is 9.18 Å². The molecule has 2 nitrogen and oxygen atoms in total. The van der Waals surface area contributed by atoms with Crippen molar-refractivity contribution in [2.24, 2.45) is 0 Å². The molecule has 0 radical (unpaired) electrons. The van der Waals surface area contributed by atoms with Crippen LogP contribution in [0.3, 0.4) is 0 Å². The van der Waals surface area contributed by atoms with Gasteiger partial charge in [-0.3, -0.25) is 9.69 Å². The number of benzene rings is 1. The predicted octanol–water partition coefficient (Wildman–Crippen LogP) is 3.66. The summed E-state index contributed by atoms with van der Waals surface area (Å²) in [7, 11) is 0. The molecule has 0 bridgehead atoms. The molecule has 0 N–H and O–H groups in total. The first-order chi connectivity index (χ1) is 9.08. The number of Topliss-reactive ketones (excluding diaryl/α,β-unsaturated/α-hetero) is 1. The van der Waals surface area contributed by atoms with Gasteiger partial charge in [0.25, 0.3) is 0 Å². The summed E-state index contributed by atoms with van der Waals surface area (Å²) in [6.45, 7) is 5.27. The summed E-state index contributed by atoms with van der Waals surface area (Å²) in [5.41, 5.74) is 0.610. The summed E-state index contributed by atoms with van der Waals surface area (Å²) < 4.78 is 12.8. The van der Waals surface area contributed by atoms with E-state index in [-0.39, 0.29) is 11.6 Å². The lowest BCUT2D eigenvalue weighted by Gasteiger charge is -2.38. The molecule has 1 aromatic rings. The third-order valence-corrected chi connectivity index (χ3v) is 4.14. The van der Waals surface area contributed by atoms with Crippen molar-refractivity contribution in [2.45, 2.75) is 51.6 Å². The highest BCUT2D eigenvalue weighted by atomic mass is 19.1. The largest absolute Gasteiger partial charge is 0.298 e. The minimum absolute atomic E-state index is 0.102. The van der Waals surface area contributed by atoms with E-state index in [0.29, 0.717) is 24.1 Å². The lowest BCUT2D eigenvalue weighted by atomic mass is 9.96. The Morgan fingerprint density at radius 3 is 2.37 bits per heavy atom. The van der Waals surface area contributed by atoms with Crippen LogP contribution in [0, 0.1) is 5.82 Å². The molecule has 1 saturated heterocycles. The SMILES string of the molecule is C[C@@H]1CCC[C@H](C)N1CCC(=O)c1ccc(F)cc1. The quantitative estimate of drug-likeness (QED) is 0.773. The fraction of sp³-hybridized carbons (Fsp3) is 0.562. The lowest BCUT2D eigenvalue weighted by Crippen LogP contribution is -2.44. The molecule has 0 spiro atoms. The highest BCUT2D eigenvalue weighted by molar-refractivity contribution is 5.96. The molecular weight excluding hydrogens is 241 g/mol. The van der Waals surface area contributed by atoms with E-state index in [4.69, 9.17) is 0 Å². The standard InChI is InChI=1S/C16H22FNO/c1-12-4-3-5-13(2)18(12)11-10-16(19)14-6-8-15(17)9-7-14/h6-9,12-13H,3-5,10-11H2,1-2H3/t12-,13+. The number of likely N-dealkylation sites (tertiary alicyclic amines) is 1. The van der Waals surface area contributed by atoms with Gasteiger partial charge in [0.2, 0.25) is 0 Å². The topological polar surface area (TPSA) is 20.3 Å². The lowest BCUT2D eigenvalue weighted by molar-refractivity contribution is 0.0839. The normalized spacial score (nSPS) is 24.4. The van der Waals surface area contributed by atoms with Crippen LogP contribution in [0.1, 0.15) is 49.9 Å². The van der Waals surface area contributed by atoms with Crippen LogP contribution in [-0.2, 0) is 0 Å². The summed E-state index contributed by atoms with van der Waals surface area (Å²) in [6.07, 6.45) is 4.23. The highest BCUT2D eigenvalue weighted by Gasteiger charge is 2.24. The van der Waals surface area contributed by atoms with Crippen molar-refractivity contribution in [1.29, 1.82) is 0 Å². The molecule has 1 aliphatic heterocycles. The smallest absolute Gasteiger partial charge is 0.164 e. The van der Waals surface area contributed by atoms with Crippen molar-refractivity contribution in [1.82, 2.24) is 4.90 Å². The second-order valence-electron chi connectivity index (χ2n) is 5.55. The fourth-order valence-electron chi connectivity index (χ4n) is 2.93. The van der Waals surface area contributed by atoms with Gasteiger partial charge < -0.3 is 0 Å². The van der Waals surface area contributed by atoms with Gasteiger partial charge >= 0.3 is 0 Å². The first kappa shape index (κ1) is 14.2. The van der Waals surface area contributed by atoms with Crippen molar-refractivity contribution in [2.75, 3.05) is 6.54 Å². The average molecular weight is 263 g/mol. The molecule has 0 aromatic heterocycles. The fourth-order valence-corrected chi connectivity index (χ4v) is 2.93. The van der Waals surface area contributed by atoms with E-state index in [0.717, 1.165) is 6.54 Å². The van der Waals surface area contributed by atoms with E-state index in [1.54, 1.807) is 12.1 Å². The van der Waals surface area contributed by atoms with Gasteiger partial charge in [-0.15, -0.1) is 0 Å². The summed E-state index contributed by atoms with van der Waals surface area (Å²) in [6, 6.07) is 6.95. The number of piperidine rings is 1. The number of hydrogen-bond acceptors (Lipinski definition) is 2. The number of carbonyl (C=O) groups excluding carboxylic acids is 1. The molecule has 0 saturated carbocycles. The number of halogens is 1. The Morgan fingerprint density at radius 1 is 1.21 bits per heavy atom. The van der Waals surface area contributed by atoms with Gasteiger partial charge in [-0.2, -0.15) is 0 Å². The second-order valence-corrected chi connectivity index (χ2v) is 5.55. The van der Waals surface area contributed by atoms with Crippen LogP contribution in [0.5, 0.6) is 0 Å². The summed E-state index contributed by atoms with van der Waals surface area (Å²) in [4.78, 5) is 14.5. The Bertz CT molecular complexity index is 419. The number of nitrogens with zero attached hydrogens (tertiary/aromatic N) is 1. The highest BCUT2D eigenvalue weighted by Crippen LogP contribution is 2.22. The maximum atomic E-state index is 12.8. The number of ketones is 1. The molecule has 2 rings (SSSR count). The first-order valence-corrected chi connectivity index (χ1v) is 7.12. The number of hydrogen-bond donors (Lipinski definition) is 0. The molecule has 1 heterocycles. The third-order valence-electron chi connectivity index (χ3n) is 4.14. The van der Waals surface area contributed by atoms with E-state index in [1.807, 2.05) is 0 Å². The van der Waals surface area contributed by atoms with Crippen molar-refractivity contribution < 1.29 is 9.18 Å². The first-order valence-electron chi connectivity index (χ1n) is 7.12. The van der Waals surface area contributed by atoms with Crippen molar-refractivity contribution in [3.63, 3.8) is 0 Å². The molecule has 0 aliphatic carbocycles. The van der Waals surface area contributed by atoms with Gasteiger partial charge in [0, 0.05) is 30.6 Å². The van der Waals surface area contributed by atoms with Gasteiger partial charge in [0.05, 0.1) is 0 Å². The molecule has 0 amide bonds. The van der Waals surface area contributed by atoms with E-state index < -0.39 is 0 Å². The zero-order valence-electron chi connectivity index (χ0n) is 11.7. The Balaban J connectivity index is 1.90. The Morgan fingerprint density at radius 2 is 1.79 bits per heavy atom. The van der Waals surface area contributed by atoms with Crippen molar-refractivity contribution >= 4 is 5.78 Å². The molecule has 19 heavy (non-hydrogen) atoms. The molecule has 104 valence electrons. The minimum atomic E-state index is -0.296. The molecule has 1 fully saturated rings. The number of rotatable bonds is 4. The zero-order chi connectivity index (χ0) is 13.8. The van der Waals surface area contributed by atoms with Crippen molar-refractivity contribution in [3.8, 4) is 0 Å². The molecule has 1 aliphatic rings. The maximum absolute atomic E-state index is 12.8. The van der Waals surface area contributed by atoms with E-state index >= 15 is 0 Å². The van der Waals surface area contributed by atoms with Gasteiger partial charge in [-0.1, -0.05) is 6.42 Å². The van der Waals surface area contributed by atoms with Crippen LogP contribution < -0.4 is 0 Å². The van der Waals surface area contributed by atoms with Crippen LogP contribution in [0.15, 0.2) is 24.3 Å². The molecule has 1 aromatic carbocycles. The van der Waals surface area contributed by atoms with Crippen LogP contribution in [0.25, 0.3) is 0 Å². The summed E-state index contributed by atoms with van der Waals surface area (Å²) >= 11 is 0. The average Bonchev–Trinajstić information content (AvgIpc) is 2.38. The molecule has 0 unspecified atom stereocenters. The zero-order valence-corrected chi connectivity index (χ0v) is 11.7. The molecule has 2 atom stereocenters. The van der Waals surface area contributed by atoms with Crippen LogP contribution >= 0.6 is 0 Å². The Labute approximate surface area is 114 Å². The number of carbonyl (C=O) groups is 1. The van der Waals surface area contributed by atoms with Crippen molar-refractivity contribution in [3.05, 3.63) is 35.6 Å². The van der Waals surface area contributed by atoms with Gasteiger partial charge in [-0.05, 0) is 51.0 Å². The predicted molar refractivity (Wildman–Crippen MR) is 74.8 cm³/mol. The monoisotopic (exact) mass is 263 g/mol. The third kappa shape index (κ3) is 3.63. The maximum Gasteiger partial charge on any atom is 0.164 e. The molecule has 3 heteroatoms. The van der Waals surface area contributed by atoms with Crippen LogP contribution in [0.4, 0.5) is 4.39 Å². The van der Waals surface area contributed by atoms with Crippen LogP contribution in [-0.4, -0.2) is 29.3 Å². The summed E-state index contributed by atoms with van der Waals surface area (Å²) in [5.74, 6) is -0.195. The molecular formula is C16H22FNO. The van der Waals surface area contributed by atoms with Crippen LogP contribution in [0.2, 0.25) is 0 Å². The van der Waals surface area contributed by atoms with E-state index in [1.165, 1.54) is 31.4 Å². The Hall–Kier alpha value is -1.22. The van der Waals surface area contributed by atoms with E-state index in [2.05, 4.69) is 18.7 Å².